The van der Waals surface area contributed by atoms with Crippen molar-refractivity contribution in [2.24, 2.45) is 16.9 Å². The molecule has 1 aliphatic rings. The van der Waals surface area contributed by atoms with Crippen molar-refractivity contribution in [1.29, 1.82) is 0 Å². The molecule has 1 aromatic rings. The van der Waals surface area contributed by atoms with E-state index in [1.54, 1.807) is 12.1 Å². The number of nitrogens with two attached hydrogens (primary N) is 2. The minimum Gasteiger partial charge on any atom is -0.368 e. The molecule has 148 valence electrons. The summed E-state index contributed by atoms with van der Waals surface area (Å²) in [6.07, 6.45) is 1.54. The second-order valence-electron chi connectivity index (χ2n) is 6.38. The van der Waals surface area contributed by atoms with Crippen molar-refractivity contribution >= 4 is 42.3 Å². The fourth-order valence-corrected chi connectivity index (χ4v) is 3.27. The molecule has 1 fully saturated rings. The SMILES string of the molecule is CCC(CC)(CN)C(=O)N1CCN(c2ccc(C(N)=O)cc2)CC1.Cl.Cl. The van der Waals surface area contributed by atoms with Crippen molar-refractivity contribution in [3.05, 3.63) is 29.8 Å². The van der Waals surface area contributed by atoms with Gasteiger partial charge in [0.1, 0.15) is 0 Å². The summed E-state index contributed by atoms with van der Waals surface area (Å²) in [5, 5.41) is 0. The number of carbonyl (C=O) groups excluding carboxylic acids is 2. The zero-order valence-electron chi connectivity index (χ0n) is 15.4. The quantitative estimate of drug-likeness (QED) is 0.758. The Hall–Kier alpha value is -1.50. The Morgan fingerprint density at radius 1 is 1.00 bits per heavy atom. The average molecular weight is 405 g/mol. The molecule has 0 atom stereocenters. The molecule has 0 saturated carbocycles. The van der Waals surface area contributed by atoms with Crippen LogP contribution in [0.15, 0.2) is 24.3 Å². The number of anilines is 1. The van der Waals surface area contributed by atoms with Crippen LogP contribution in [0, 0.1) is 5.41 Å². The van der Waals surface area contributed by atoms with E-state index in [0.29, 0.717) is 25.2 Å². The largest absolute Gasteiger partial charge is 0.368 e. The van der Waals surface area contributed by atoms with Gasteiger partial charge in [-0.25, -0.2) is 0 Å². The summed E-state index contributed by atoms with van der Waals surface area (Å²) in [7, 11) is 0. The molecule has 2 amide bonds. The van der Waals surface area contributed by atoms with E-state index in [1.165, 1.54) is 0 Å². The molecule has 0 unspecified atom stereocenters. The molecular weight excluding hydrogens is 375 g/mol. The number of amides is 2. The molecule has 0 bridgehead atoms. The van der Waals surface area contributed by atoms with Gasteiger partial charge in [0.25, 0.3) is 0 Å². The summed E-state index contributed by atoms with van der Waals surface area (Å²) in [4.78, 5) is 28.1. The topological polar surface area (TPSA) is 92.7 Å². The number of primary amides is 1. The van der Waals surface area contributed by atoms with E-state index in [1.807, 2.05) is 30.9 Å². The number of nitrogens with zero attached hydrogens (tertiary/aromatic N) is 2. The van der Waals surface area contributed by atoms with Gasteiger partial charge in [-0.2, -0.15) is 0 Å². The smallest absolute Gasteiger partial charge is 0.248 e. The number of piperazine rings is 1. The van der Waals surface area contributed by atoms with Crippen molar-refractivity contribution < 1.29 is 9.59 Å². The van der Waals surface area contributed by atoms with Gasteiger partial charge in [0.2, 0.25) is 11.8 Å². The lowest BCUT2D eigenvalue weighted by Gasteiger charge is -2.41. The summed E-state index contributed by atoms with van der Waals surface area (Å²) in [5.74, 6) is -0.243. The average Bonchev–Trinajstić information content (AvgIpc) is 2.63. The predicted octanol–water partition coefficient (Wildman–Crippen LogP) is 2.04. The highest BCUT2D eigenvalue weighted by molar-refractivity contribution is 5.93. The summed E-state index contributed by atoms with van der Waals surface area (Å²) in [5.41, 5.74) is 12.3. The predicted molar refractivity (Wildman–Crippen MR) is 110 cm³/mol. The fourth-order valence-electron chi connectivity index (χ4n) is 3.27. The molecular formula is C18H30Cl2N4O2. The zero-order chi connectivity index (χ0) is 17.7. The zero-order valence-corrected chi connectivity index (χ0v) is 17.1. The lowest BCUT2D eigenvalue weighted by atomic mass is 9.81. The van der Waals surface area contributed by atoms with Crippen molar-refractivity contribution in [1.82, 2.24) is 4.90 Å². The number of halogens is 2. The van der Waals surface area contributed by atoms with Crippen LogP contribution in [-0.4, -0.2) is 49.4 Å². The van der Waals surface area contributed by atoms with Gasteiger partial charge in [0, 0.05) is 44.0 Å². The molecule has 0 radical (unpaired) electrons. The van der Waals surface area contributed by atoms with E-state index >= 15 is 0 Å². The second-order valence-corrected chi connectivity index (χ2v) is 6.38. The van der Waals surface area contributed by atoms with Gasteiger partial charge in [0.05, 0.1) is 5.41 Å². The van der Waals surface area contributed by atoms with Crippen LogP contribution in [0.2, 0.25) is 0 Å². The maximum atomic E-state index is 12.9. The lowest BCUT2D eigenvalue weighted by Crippen LogP contribution is -2.54. The standard InChI is InChI=1S/C18H28N4O2.2ClH/c1-3-18(4-2,13-19)17(24)22-11-9-21(10-12-22)15-7-5-14(6-8-15)16(20)23;;/h5-8H,3-4,9-13,19H2,1-2H3,(H2,20,23);2*1H. The Morgan fingerprint density at radius 3 is 1.88 bits per heavy atom. The van der Waals surface area contributed by atoms with Crippen LogP contribution in [0.4, 0.5) is 5.69 Å². The molecule has 1 aromatic carbocycles. The molecule has 26 heavy (non-hydrogen) atoms. The molecule has 0 aliphatic carbocycles. The maximum absolute atomic E-state index is 12.9. The van der Waals surface area contributed by atoms with Gasteiger partial charge in [0.15, 0.2) is 0 Å². The van der Waals surface area contributed by atoms with Crippen LogP contribution in [0.5, 0.6) is 0 Å². The van der Waals surface area contributed by atoms with Crippen LogP contribution >= 0.6 is 24.8 Å². The van der Waals surface area contributed by atoms with Gasteiger partial charge >= 0.3 is 0 Å². The van der Waals surface area contributed by atoms with Crippen molar-refractivity contribution in [2.45, 2.75) is 26.7 Å². The van der Waals surface area contributed by atoms with Gasteiger partial charge in [-0.05, 0) is 37.1 Å². The number of rotatable bonds is 6. The number of carbonyl (C=O) groups is 2. The normalized spacial score (nSPS) is 14.3. The summed E-state index contributed by atoms with van der Waals surface area (Å²) < 4.78 is 0. The Labute approximate surface area is 168 Å². The third kappa shape index (κ3) is 5.02. The van der Waals surface area contributed by atoms with E-state index < -0.39 is 11.3 Å². The van der Waals surface area contributed by atoms with Crippen LogP contribution in [0.1, 0.15) is 37.0 Å². The van der Waals surface area contributed by atoms with Crippen LogP contribution in [-0.2, 0) is 4.79 Å². The first kappa shape index (κ1) is 24.5. The number of hydrogen-bond donors (Lipinski definition) is 2. The van der Waals surface area contributed by atoms with E-state index in [9.17, 15) is 9.59 Å². The van der Waals surface area contributed by atoms with Gasteiger partial charge in [-0.15, -0.1) is 24.8 Å². The lowest BCUT2D eigenvalue weighted by molar-refractivity contribution is -0.142. The highest BCUT2D eigenvalue weighted by Crippen LogP contribution is 2.28. The first-order valence-corrected chi connectivity index (χ1v) is 8.61. The molecule has 6 nitrogen and oxygen atoms in total. The first-order valence-electron chi connectivity index (χ1n) is 8.61. The van der Waals surface area contributed by atoms with E-state index in [4.69, 9.17) is 11.5 Å². The molecule has 0 spiro atoms. The van der Waals surface area contributed by atoms with E-state index in [0.717, 1.165) is 31.6 Å². The van der Waals surface area contributed by atoms with Crippen molar-refractivity contribution in [3.63, 3.8) is 0 Å². The highest BCUT2D eigenvalue weighted by Gasteiger charge is 2.37. The molecule has 4 N–H and O–H groups in total. The Bertz CT molecular complexity index is 575. The Morgan fingerprint density at radius 2 is 1.50 bits per heavy atom. The minimum atomic E-state index is -0.425. The van der Waals surface area contributed by atoms with E-state index in [2.05, 4.69) is 4.90 Å². The van der Waals surface area contributed by atoms with Crippen LogP contribution < -0.4 is 16.4 Å². The first-order chi connectivity index (χ1) is 11.5. The maximum Gasteiger partial charge on any atom is 0.248 e. The Kier molecular flexibility index (Phi) is 9.99. The molecule has 2 rings (SSSR count). The second kappa shape index (κ2) is 10.6. The van der Waals surface area contributed by atoms with Gasteiger partial charge in [-0.3, -0.25) is 9.59 Å². The van der Waals surface area contributed by atoms with Gasteiger partial charge < -0.3 is 21.3 Å². The third-order valence-electron chi connectivity index (χ3n) is 5.28. The fraction of sp³-hybridized carbons (Fsp3) is 0.556. The van der Waals surface area contributed by atoms with Crippen LogP contribution in [0.25, 0.3) is 0 Å². The minimum absolute atomic E-state index is 0. The number of benzene rings is 1. The molecule has 8 heteroatoms. The molecule has 1 aliphatic heterocycles. The summed E-state index contributed by atoms with van der Waals surface area (Å²) in [6.45, 7) is 7.39. The summed E-state index contributed by atoms with van der Waals surface area (Å²) >= 11 is 0. The van der Waals surface area contributed by atoms with Crippen LogP contribution in [0.3, 0.4) is 0 Å². The molecule has 0 aromatic heterocycles. The highest BCUT2D eigenvalue weighted by atomic mass is 35.5. The monoisotopic (exact) mass is 404 g/mol. The van der Waals surface area contributed by atoms with E-state index in [-0.39, 0.29) is 30.7 Å². The van der Waals surface area contributed by atoms with Crippen molar-refractivity contribution in [3.8, 4) is 0 Å². The molecule has 1 heterocycles. The van der Waals surface area contributed by atoms with Gasteiger partial charge in [-0.1, -0.05) is 13.8 Å². The summed E-state index contributed by atoms with van der Waals surface area (Å²) in [6, 6.07) is 7.28. The Balaban J connectivity index is 0.00000312. The molecule has 1 saturated heterocycles. The van der Waals surface area contributed by atoms with Crippen molar-refractivity contribution in [2.75, 3.05) is 37.6 Å². The number of hydrogen-bond acceptors (Lipinski definition) is 4. The third-order valence-corrected chi connectivity index (χ3v) is 5.28.